The molecular formula is C10H6ClF2NO. The number of aliphatic imine (C=N–C) groups is 1. The third-order valence-electron chi connectivity index (χ3n) is 2.26. The van der Waals surface area contributed by atoms with Gasteiger partial charge in [-0.05, 0) is 18.1 Å². The van der Waals surface area contributed by atoms with E-state index in [-0.39, 0.29) is 17.3 Å². The zero-order chi connectivity index (χ0) is 11.0. The number of fused-ring (bicyclic) bond motifs is 1. The third-order valence-corrected chi connectivity index (χ3v) is 2.62. The van der Waals surface area contributed by atoms with Crippen LogP contribution >= 0.6 is 11.6 Å². The lowest BCUT2D eigenvalue weighted by Gasteiger charge is -2.16. The van der Waals surface area contributed by atoms with Gasteiger partial charge in [-0.2, -0.15) is 0 Å². The lowest BCUT2D eigenvalue weighted by Crippen LogP contribution is -2.17. The van der Waals surface area contributed by atoms with Crippen LogP contribution in [0.15, 0.2) is 17.1 Å². The summed E-state index contributed by atoms with van der Waals surface area (Å²) in [4.78, 5) is 14.4. The van der Waals surface area contributed by atoms with Crippen molar-refractivity contribution in [2.45, 2.75) is 6.42 Å². The molecule has 0 spiro atoms. The second-order valence-corrected chi connectivity index (χ2v) is 3.66. The van der Waals surface area contributed by atoms with E-state index in [0.29, 0.717) is 11.8 Å². The van der Waals surface area contributed by atoms with E-state index >= 15 is 0 Å². The van der Waals surface area contributed by atoms with E-state index in [1.165, 1.54) is 0 Å². The van der Waals surface area contributed by atoms with Gasteiger partial charge in [-0.25, -0.2) is 13.8 Å². The molecule has 15 heavy (non-hydrogen) atoms. The quantitative estimate of drug-likeness (QED) is 0.681. The minimum absolute atomic E-state index is 0.114. The van der Waals surface area contributed by atoms with Crippen LogP contribution in [-0.4, -0.2) is 11.5 Å². The van der Waals surface area contributed by atoms with Crippen LogP contribution in [0, 0.1) is 17.6 Å². The van der Waals surface area contributed by atoms with Gasteiger partial charge >= 0.3 is 0 Å². The summed E-state index contributed by atoms with van der Waals surface area (Å²) in [6.45, 7) is 0. The Morgan fingerprint density at radius 3 is 2.73 bits per heavy atom. The van der Waals surface area contributed by atoms with Crippen molar-refractivity contribution in [3.63, 3.8) is 0 Å². The van der Waals surface area contributed by atoms with Gasteiger partial charge in [0, 0.05) is 6.07 Å². The number of hydrogen-bond acceptors (Lipinski definition) is 2. The molecule has 1 heterocycles. The Kier molecular flexibility index (Phi) is 2.52. The fourth-order valence-electron chi connectivity index (χ4n) is 1.47. The number of carbonyl (C=O) groups excluding carboxylic acids is 1. The maximum absolute atomic E-state index is 12.9. The summed E-state index contributed by atoms with van der Waals surface area (Å²) in [6, 6.07) is 2.03. The second-order valence-electron chi connectivity index (χ2n) is 3.28. The summed E-state index contributed by atoms with van der Waals surface area (Å²) in [5, 5.41) is 0.114. The Bertz CT molecular complexity index is 459. The van der Waals surface area contributed by atoms with Crippen molar-refractivity contribution in [2.24, 2.45) is 10.9 Å². The van der Waals surface area contributed by atoms with Gasteiger partial charge in [0.2, 0.25) is 0 Å². The predicted molar refractivity (Wildman–Crippen MR) is 52.6 cm³/mol. The fourth-order valence-corrected chi connectivity index (χ4v) is 1.69. The molecule has 1 aromatic carbocycles. The summed E-state index contributed by atoms with van der Waals surface area (Å²) < 4.78 is 25.7. The predicted octanol–water partition coefficient (Wildman–Crippen LogP) is 2.60. The molecule has 1 aliphatic rings. The van der Waals surface area contributed by atoms with Crippen LogP contribution in [0.5, 0.6) is 0 Å². The molecule has 1 aromatic rings. The standard InChI is InChI=1S/C10H6ClF2NO/c11-10-6(4-15)1-5-2-7(12)8(13)3-9(5)14-10/h2-4,6H,1H2. The van der Waals surface area contributed by atoms with E-state index < -0.39 is 17.6 Å². The van der Waals surface area contributed by atoms with Crippen LogP contribution in [-0.2, 0) is 11.2 Å². The highest BCUT2D eigenvalue weighted by molar-refractivity contribution is 6.67. The van der Waals surface area contributed by atoms with Crippen molar-refractivity contribution in [1.29, 1.82) is 0 Å². The molecule has 0 fully saturated rings. The first kappa shape index (κ1) is 10.2. The van der Waals surface area contributed by atoms with Gasteiger partial charge in [0.05, 0.1) is 11.6 Å². The Hall–Kier alpha value is -1.29. The normalized spacial score (nSPS) is 19.4. The summed E-state index contributed by atoms with van der Waals surface area (Å²) >= 11 is 5.71. The second kappa shape index (κ2) is 3.70. The van der Waals surface area contributed by atoms with E-state index in [9.17, 15) is 13.6 Å². The molecule has 0 saturated carbocycles. The van der Waals surface area contributed by atoms with Crippen molar-refractivity contribution in [3.8, 4) is 0 Å². The largest absolute Gasteiger partial charge is 0.303 e. The summed E-state index contributed by atoms with van der Waals surface area (Å²) in [6.07, 6.45) is 0.911. The third kappa shape index (κ3) is 1.77. The van der Waals surface area contributed by atoms with E-state index in [1.54, 1.807) is 0 Å². The van der Waals surface area contributed by atoms with Gasteiger partial charge in [-0.15, -0.1) is 0 Å². The van der Waals surface area contributed by atoms with Gasteiger partial charge in [0.25, 0.3) is 0 Å². The monoisotopic (exact) mass is 229 g/mol. The average molecular weight is 230 g/mol. The highest BCUT2D eigenvalue weighted by atomic mass is 35.5. The number of rotatable bonds is 1. The van der Waals surface area contributed by atoms with Crippen LogP contribution < -0.4 is 0 Å². The highest BCUT2D eigenvalue weighted by Crippen LogP contribution is 2.30. The SMILES string of the molecule is O=CC1Cc2cc(F)c(F)cc2N=C1Cl. The van der Waals surface area contributed by atoms with Crippen LogP contribution in [0.1, 0.15) is 5.56 Å². The van der Waals surface area contributed by atoms with Crippen molar-refractivity contribution in [3.05, 3.63) is 29.3 Å². The van der Waals surface area contributed by atoms with Crippen molar-refractivity contribution < 1.29 is 13.6 Å². The molecule has 0 bridgehead atoms. The molecule has 0 N–H and O–H groups in total. The Labute approximate surface area is 89.6 Å². The van der Waals surface area contributed by atoms with Gasteiger partial charge in [-0.1, -0.05) is 11.6 Å². The van der Waals surface area contributed by atoms with Crippen LogP contribution in [0.3, 0.4) is 0 Å². The van der Waals surface area contributed by atoms with Crippen LogP contribution in [0.2, 0.25) is 0 Å². The molecular weight excluding hydrogens is 224 g/mol. The number of carbonyl (C=O) groups is 1. The molecule has 0 aromatic heterocycles. The molecule has 0 radical (unpaired) electrons. The maximum Gasteiger partial charge on any atom is 0.160 e. The van der Waals surface area contributed by atoms with Crippen molar-refractivity contribution in [1.82, 2.24) is 0 Å². The van der Waals surface area contributed by atoms with E-state index in [0.717, 1.165) is 12.1 Å². The lowest BCUT2D eigenvalue weighted by molar-refractivity contribution is -0.109. The first-order chi connectivity index (χ1) is 7.11. The molecule has 1 unspecified atom stereocenters. The summed E-state index contributed by atoms with van der Waals surface area (Å²) in [7, 11) is 0. The number of benzene rings is 1. The molecule has 0 amide bonds. The highest BCUT2D eigenvalue weighted by Gasteiger charge is 2.22. The Morgan fingerprint density at radius 1 is 1.40 bits per heavy atom. The first-order valence-electron chi connectivity index (χ1n) is 4.29. The molecule has 1 aliphatic heterocycles. The van der Waals surface area contributed by atoms with Gasteiger partial charge in [-0.3, -0.25) is 0 Å². The summed E-state index contributed by atoms with van der Waals surface area (Å²) in [5.41, 5.74) is 0.785. The molecule has 0 saturated heterocycles. The van der Waals surface area contributed by atoms with Gasteiger partial charge < -0.3 is 4.79 Å². The van der Waals surface area contributed by atoms with Crippen molar-refractivity contribution >= 4 is 28.7 Å². The van der Waals surface area contributed by atoms with Crippen LogP contribution in [0.25, 0.3) is 0 Å². The minimum Gasteiger partial charge on any atom is -0.303 e. The number of aldehydes is 1. The zero-order valence-corrected chi connectivity index (χ0v) is 8.26. The topological polar surface area (TPSA) is 29.4 Å². The number of nitrogens with zero attached hydrogens (tertiary/aromatic N) is 1. The molecule has 1 atom stereocenters. The number of hydrogen-bond donors (Lipinski definition) is 0. The fraction of sp³-hybridized carbons (Fsp3) is 0.200. The van der Waals surface area contributed by atoms with Crippen LogP contribution in [0.4, 0.5) is 14.5 Å². The Morgan fingerprint density at radius 2 is 2.07 bits per heavy atom. The Balaban J connectivity index is 2.52. The van der Waals surface area contributed by atoms with Crippen molar-refractivity contribution in [2.75, 3.05) is 0 Å². The maximum atomic E-state index is 12.9. The molecule has 5 heteroatoms. The molecule has 78 valence electrons. The summed E-state index contributed by atoms with van der Waals surface area (Å²) in [5.74, 6) is -2.46. The van der Waals surface area contributed by atoms with E-state index in [1.807, 2.05) is 0 Å². The number of halogens is 3. The molecule has 2 rings (SSSR count). The average Bonchev–Trinajstić information content (AvgIpc) is 2.20. The van der Waals surface area contributed by atoms with Gasteiger partial charge in [0.15, 0.2) is 11.6 Å². The molecule has 0 aliphatic carbocycles. The van der Waals surface area contributed by atoms with Gasteiger partial charge in [0.1, 0.15) is 11.5 Å². The van der Waals surface area contributed by atoms with E-state index in [2.05, 4.69) is 4.99 Å². The molecule has 2 nitrogen and oxygen atoms in total. The van der Waals surface area contributed by atoms with E-state index in [4.69, 9.17) is 11.6 Å². The first-order valence-corrected chi connectivity index (χ1v) is 4.67. The smallest absolute Gasteiger partial charge is 0.160 e. The zero-order valence-electron chi connectivity index (χ0n) is 7.51. The minimum atomic E-state index is -0.966. The lowest BCUT2D eigenvalue weighted by atomic mass is 9.97.